The Morgan fingerprint density at radius 2 is 2.29 bits per heavy atom. The van der Waals surface area contributed by atoms with E-state index in [4.69, 9.17) is 0 Å². The van der Waals surface area contributed by atoms with Crippen LogP contribution in [0.5, 0.6) is 0 Å². The molecule has 0 bridgehead atoms. The van der Waals surface area contributed by atoms with Gasteiger partial charge >= 0.3 is 0 Å². The summed E-state index contributed by atoms with van der Waals surface area (Å²) in [6.45, 7) is 5.95. The lowest BCUT2D eigenvalue weighted by molar-refractivity contribution is 0.619. The lowest BCUT2D eigenvalue weighted by atomic mass is 10.3. The van der Waals surface area contributed by atoms with E-state index >= 15 is 0 Å². The molecule has 92 valence electrons. The van der Waals surface area contributed by atoms with Crippen LogP contribution in [0.4, 0.5) is 5.69 Å². The maximum Gasteiger partial charge on any atom is 0.0767 e. The number of hydrogen-bond acceptors (Lipinski definition) is 3. The SMILES string of the molecule is CCc1nn(CC)c(CNc2ccsc2)c1Br. The number of aromatic nitrogens is 2. The fraction of sp³-hybridized carbons (Fsp3) is 0.417. The lowest BCUT2D eigenvalue weighted by Gasteiger charge is -2.07. The van der Waals surface area contributed by atoms with Gasteiger partial charge in [-0.1, -0.05) is 6.92 Å². The smallest absolute Gasteiger partial charge is 0.0767 e. The van der Waals surface area contributed by atoms with Crippen molar-refractivity contribution in [3.8, 4) is 0 Å². The Balaban J connectivity index is 2.16. The molecule has 5 heteroatoms. The summed E-state index contributed by atoms with van der Waals surface area (Å²) in [5, 5.41) is 12.2. The normalized spacial score (nSPS) is 10.8. The molecule has 17 heavy (non-hydrogen) atoms. The van der Waals surface area contributed by atoms with Crippen molar-refractivity contribution in [1.82, 2.24) is 9.78 Å². The average molecular weight is 314 g/mol. The van der Waals surface area contributed by atoms with Gasteiger partial charge in [0.05, 0.1) is 22.4 Å². The molecule has 0 aliphatic carbocycles. The molecule has 0 aliphatic rings. The van der Waals surface area contributed by atoms with Crippen LogP contribution < -0.4 is 5.32 Å². The van der Waals surface area contributed by atoms with Crippen molar-refractivity contribution in [2.45, 2.75) is 33.4 Å². The number of anilines is 1. The van der Waals surface area contributed by atoms with Crippen molar-refractivity contribution in [1.29, 1.82) is 0 Å². The van der Waals surface area contributed by atoms with E-state index in [1.807, 2.05) is 0 Å². The summed E-state index contributed by atoms with van der Waals surface area (Å²) in [6.07, 6.45) is 0.957. The van der Waals surface area contributed by atoms with Crippen LogP contribution in [-0.4, -0.2) is 9.78 Å². The van der Waals surface area contributed by atoms with Crippen molar-refractivity contribution in [3.05, 3.63) is 32.7 Å². The Bertz CT molecular complexity index is 476. The second kappa shape index (κ2) is 5.69. The van der Waals surface area contributed by atoms with Gasteiger partial charge in [0.1, 0.15) is 0 Å². The summed E-state index contributed by atoms with van der Waals surface area (Å²) in [4.78, 5) is 0. The molecule has 0 amide bonds. The second-order valence-corrected chi connectivity index (χ2v) is 5.32. The van der Waals surface area contributed by atoms with E-state index in [0.29, 0.717) is 0 Å². The molecule has 2 heterocycles. The second-order valence-electron chi connectivity index (χ2n) is 3.74. The standard InChI is InChI=1S/C12H16BrN3S/c1-3-10-12(13)11(16(4-2)15-10)7-14-9-5-6-17-8-9/h5-6,8,14H,3-4,7H2,1-2H3. The Hall–Kier alpha value is -0.810. The van der Waals surface area contributed by atoms with E-state index in [-0.39, 0.29) is 0 Å². The van der Waals surface area contributed by atoms with Crippen molar-refractivity contribution < 1.29 is 0 Å². The predicted molar refractivity (Wildman–Crippen MR) is 76.6 cm³/mol. The van der Waals surface area contributed by atoms with Crippen LogP contribution in [0.25, 0.3) is 0 Å². The van der Waals surface area contributed by atoms with Crippen LogP contribution in [-0.2, 0) is 19.5 Å². The fourth-order valence-corrected chi connectivity index (χ4v) is 3.05. The van der Waals surface area contributed by atoms with Gasteiger partial charge in [-0.25, -0.2) is 0 Å². The minimum absolute atomic E-state index is 0.804. The van der Waals surface area contributed by atoms with Gasteiger partial charge in [0.15, 0.2) is 0 Å². The van der Waals surface area contributed by atoms with Crippen molar-refractivity contribution in [2.75, 3.05) is 5.32 Å². The quantitative estimate of drug-likeness (QED) is 0.907. The molecule has 2 rings (SSSR count). The Kier molecular flexibility index (Phi) is 4.23. The summed E-state index contributed by atoms with van der Waals surface area (Å²) in [5.74, 6) is 0. The number of nitrogens with zero attached hydrogens (tertiary/aromatic N) is 2. The summed E-state index contributed by atoms with van der Waals surface area (Å²) < 4.78 is 3.20. The summed E-state index contributed by atoms with van der Waals surface area (Å²) in [7, 11) is 0. The zero-order valence-corrected chi connectivity index (χ0v) is 12.4. The molecule has 0 saturated carbocycles. The van der Waals surface area contributed by atoms with E-state index in [0.717, 1.165) is 29.7 Å². The van der Waals surface area contributed by atoms with E-state index in [1.165, 1.54) is 11.4 Å². The zero-order chi connectivity index (χ0) is 12.3. The molecule has 0 saturated heterocycles. The highest BCUT2D eigenvalue weighted by atomic mass is 79.9. The monoisotopic (exact) mass is 313 g/mol. The van der Waals surface area contributed by atoms with Gasteiger partial charge in [-0.3, -0.25) is 4.68 Å². The van der Waals surface area contributed by atoms with Gasteiger partial charge in [-0.15, -0.1) is 0 Å². The first-order chi connectivity index (χ1) is 8.26. The molecule has 2 aromatic rings. The molecule has 0 aromatic carbocycles. The van der Waals surface area contributed by atoms with Crippen LogP contribution in [0.2, 0.25) is 0 Å². The first-order valence-corrected chi connectivity index (χ1v) is 7.50. The first-order valence-electron chi connectivity index (χ1n) is 5.76. The third-order valence-corrected chi connectivity index (χ3v) is 4.27. The van der Waals surface area contributed by atoms with Crippen LogP contribution in [0.15, 0.2) is 21.3 Å². The van der Waals surface area contributed by atoms with Crippen LogP contribution >= 0.6 is 27.3 Å². The van der Waals surface area contributed by atoms with Gasteiger partial charge in [0.2, 0.25) is 0 Å². The molecule has 0 aliphatic heterocycles. The van der Waals surface area contributed by atoms with Crippen molar-refractivity contribution >= 4 is 33.0 Å². The van der Waals surface area contributed by atoms with E-state index in [2.05, 4.69) is 61.7 Å². The molecule has 0 radical (unpaired) electrons. The maximum atomic E-state index is 4.58. The van der Waals surface area contributed by atoms with Crippen molar-refractivity contribution in [2.24, 2.45) is 0 Å². The Morgan fingerprint density at radius 1 is 1.47 bits per heavy atom. The molecule has 2 aromatic heterocycles. The minimum atomic E-state index is 0.804. The van der Waals surface area contributed by atoms with E-state index < -0.39 is 0 Å². The molecule has 0 fully saturated rings. The number of aryl methyl sites for hydroxylation is 2. The highest BCUT2D eigenvalue weighted by molar-refractivity contribution is 9.10. The molecule has 3 nitrogen and oxygen atoms in total. The van der Waals surface area contributed by atoms with Gasteiger partial charge in [-0.2, -0.15) is 16.4 Å². The fourth-order valence-electron chi connectivity index (χ4n) is 1.74. The van der Waals surface area contributed by atoms with Crippen LogP contribution in [0.3, 0.4) is 0 Å². The number of nitrogens with one attached hydrogen (secondary N) is 1. The average Bonchev–Trinajstić information content (AvgIpc) is 2.94. The first kappa shape index (κ1) is 12.6. The Morgan fingerprint density at radius 3 is 2.88 bits per heavy atom. The zero-order valence-electron chi connectivity index (χ0n) is 10.0. The molecular formula is C12H16BrN3S. The minimum Gasteiger partial charge on any atom is -0.379 e. The predicted octanol–water partition coefficient (Wildman–Crippen LogP) is 3.90. The number of rotatable bonds is 5. The maximum absolute atomic E-state index is 4.58. The molecule has 0 atom stereocenters. The Labute approximate surface area is 114 Å². The highest BCUT2D eigenvalue weighted by Crippen LogP contribution is 2.23. The number of thiophene rings is 1. The summed E-state index contributed by atoms with van der Waals surface area (Å²) in [6, 6.07) is 2.09. The molecular weight excluding hydrogens is 298 g/mol. The summed E-state index contributed by atoms with van der Waals surface area (Å²) >= 11 is 5.35. The van der Waals surface area contributed by atoms with Crippen molar-refractivity contribution in [3.63, 3.8) is 0 Å². The van der Waals surface area contributed by atoms with E-state index in [9.17, 15) is 0 Å². The van der Waals surface area contributed by atoms with Gasteiger partial charge in [0.25, 0.3) is 0 Å². The van der Waals surface area contributed by atoms with Crippen LogP contribution in [0, 0.1) is 0 Å². The van der Waals surface area contributed by atoms with Crippen LogP contribution in [0.1, 0.15) is 25.2 Å². The number of halogens is 1. The highest BCUT2D eigenvalue weighted by Gasteiger charge is 2.13. The third kappa shape index (κ3) is 2.72. The van der Waals surface area contributed by atoms with Gasteiger partial charge in [0, 0.05) is 17.6 Å². The third-order valence-electron chi connectivity index (χ3n) is 2.68. The molecule has 0 spiro atoms. The topological polar surface area (TPSA) is 29.9 Å². The lowest BCUT2D eigenvalue weighted by Crippen LogP contribution is -2.08. The summed E-state index contributed by atoms with van der Waals surface area (Å²) in [5.41, 5.74) is 3.52. The largest absolute Gasteiger partial charge is 0.379 e. The molecule has 0 unspecified atom stereocenters. The number of hydrogen-bond donors (Lipinski definition) is 1. The van der Waals surface area contributed by atoms with Gasteiger partial charge in [-0.05, 0) is 40.7 Å². The van der Waals surface area contributed by atoms with Gasteiger partial charge < -0.3 is 5.32 Å². The van der Waals surface area contributed by atoms with E-state index in [1.54, 1.807) is 11.3 Å². The molecule has 1 N–H and O–H groups in total.